The Hall–Kier alpha value is -2.77. The van der Waals surface area contributed by atoms with Crippen molar-refractivity contribution >= 4 is 17.5 Å². The third-order valence-electron chi connectivity index (χ3n) is 4.75. The van der Waals surface area contributed by atoms with Crippen molar-refractivity contribution in [2.45, 2.75) is 25.6 Å². The standard InChI is InChI=1S/C19H17ClFN5O/c20-16-8-15(5-6-17(16)21)26-11-14(23-24-26)10-25-9-13-4-2-1-3-12(13)7-18(25)19(22)27/h1-6,8,11,18H,7,9-10H2,(H2,22,27). The number of carbonyl (C=O) groups is 1. The van der Waals surface area contributed by atoms with Gasteiger partial charge in [0.05, 0.1) is 28.6 Å². The monoisotopic (exact) mass is 385 g/mol. The van der Waals surface area contributed by atoms with Gasteiger partial charge in [-0.1, -0.05) is 41.1 Å². The van der Waals surface area contributed by atoms with E-state index in [-0.39, 0.29) is 10.9 Å². The lowest BCUT2D eigenvalue weighted by Crippen LogP contribution is -2.48. The number of amides is 1. The lowest BCUT2D eigenvalue weighted by Gasteiger charge is -2.34. The molecule has 27 heavy (non-hydrogen) atoms. The van der Waals surface area contributed by atoms with Gasteiger partial charge in [-0.3, -0.25) is 9.69 Å². The van der Waals surface area contributed by atoms with Crippen molar-refractivity contribution in [2.75, 3.05) is 0 Å². The first-order valence-electron chi connectivity index (χ1n) is 8.48. The summed E-state index contributed by atoms with van der Waals surface area (Å²) in [5.74, 6) is -0.848. The second kappa shape index (κ2) is 7.09. The van der Waals surface area contributed by atoms with Crippen molar-refractivity contribution in [2.24, 2.45) is 5.73 Å². The molecule has 1 unspecified atom stereocenters. The summed E-state index contributed by atoms with van der Waals surface area (Å²) >= 11 is 5.83. The van der Waals surface area contributed by atoms with Gasteiger partial charge in [-0.25, -0.2) is 9.07 Å². The van der Waals surface area contributed by atoms with E-state index >= 15 is 0 Å². The second-order valence-corrected chi connectivity index (χ2v) is 6.96. The third kappa shape index (κ3) is 3.56. The van der Waals surface area contributed by atoms with Gasteiger partial charge in [-0.2, -0.15) is 0 Å². The van der Waals surface area contributed by atoms with Gasteiger partial charge in [-0.15, -0.1) is 5.10 Å². The average Bonchev–Trinajstić information content (AvgIpc) is 3.12. The molecule has 0 bridgehead atoms. The Labute approximate surface area is 160 Å². The van der Waals surface area contributed by atoms with Crippen molar-refractivity contribution in [3.8, 4) is 5.69 Å². The Morgan fingerprint density at radius 1 is 1.26 bits per heavy atom. The summed E-state index contributed by atoms with van der Waals surface area (Å²) in [6.07, 6.45) is 2.31. The van der Waals surface area contributed by atoms with Gasteiger partial charge < -0.3 is 5.73 Å². The van der Waals surface area contributed by atoms with Crippen LogP contribution in [0.15, 0.2) is 48.7 Å². The molecular weight excluding hydrogens is 369 g/mol. The van der Waals surface area contributed by atoms with Crippen molar-refractivity contribution in [3.63, 3.8) is 0 Å². The van der Waals surface area contributed by atoms with Crippen molar-refractivity contribution < 1.29 is 9.18 Å². The fourth-order valence-electron chi connectivity index (χ4n) is 3.36. The molecule has 0 radical (unpaired) electrons. The number of rotatable bonds is 4. The van der Waals surface area contributed by atoms with Crippen molar-refractivity contribution in [3.05, 3.63) is 76.3 Å². The van der Waals surface area contributed by atoms with Gasteiger partial charge in [0.15, 0.2) is 0 Å². The Balaban J connectivity index is 1.57. The average molecular weight is 386 g/mol. The van der Waals surface area contributed by atoms with E-state index in [1.807, 2.05) is 23.1 Å². The van der Waals surface area contributed by atoms with E-state index in [4.69, 9.17) is 17.3 Å². The molecule has 0 aliphatic carbocycles. The van der Waals surface area contributed by atoms with Crippen LogP contribution in [-0.4, -0.2) is 31.8 Å². The van der Waals surface area contributed by atoms with Crippen LogP contribution in [-0.2, 0) is 24.3 Å². The Morgan fingerprint density at radius 3 is 2.78 bits per heavy atom. The molecule has 1 amide bonds. The molecule has 0 spiro atoms. The fraction of sp³-hybridized carbons (Fsp3) is 0.211. The first-order valence-corrected chi connectivity index (χ1v) is 8.86. The SMILES string of the molecule is NC(=O)C1Cc2ccccc2CN1Cc1cn(-c2ccc(F)c(Cl)c2)nn1. The maximum absolute atomic E-state index is 13.3. The maximum atomic E-state index is 13.3. The van der Waals surface area contributed by atoms with Gasteiger partial charge in [0.25, 0.3) is 0 Å². The highest BCUT2D eigenvalue weighted by Gasteiger charge is 2.30. The van der Waals surface area contributed by atoms with Crippen molar-refractivity contribution in [1.82, 2.24) is 19.9 Å². The normalized spacial score (nSPS) is 16.9. The lowest BCUT2D eigenvalue weighted by atomic mass is 9.93. The van der Waals surface area contributed by atoms with Crippen LogP contribution in [0, 0.1) is 5.82 Å². The molecule has 1 atom stereocenters. The highest BCUT2D eigenvalue weighted by Crippen LogP contribution is 2.25. The van der Waals surface area contributed by atoms with E-state index in [1.54, 1.807) is 12.3 Å². The van der Waals surface area contributed by atoms with E-state index in [9.17, 15) is 9.18 Å². The zero-order valence-corrected chi connectivity index (χ0v) is 15.1. The van der Waals surface area contributed by atoms with Gasteiger partial charge in [0, 0.05) is 13.1 Å². The first-order chi connectivity index (χ1) is 13.0. The molecule has 1 aromatic heterocycles. The zero-order valence-electron chi connectivity index (χ0n) is 14.3. The molecule has 2 heterocycles. The number of halogens is 2. The summed E-state index contributed by atoms with van der Waals surface area (Å²) in [5, 5.41) is 8.27. The predicted octanol–water partition coefficient (Wildman–Crippen LogP) is 2.47. The molecule has 4 rings (SSSR count). The van der Waals surface area contributed by atoms with Crippen LogP contribution in [0.3, 0.4) is 0 Å². The van der Waals surface area contributed by atoms with E-state index < -0.39 is 11.9 Å². The highest BCUT2D eigenvalue weighted by atomic mass is 35.5. The van der Waals surface area contributed by atoms with Crippen LogP contribution in [0.5, 0.6) is 0 Å². The molecule has 0 saturated heterocycles. The fourth-order valence-corrected chi connectivity index (χ4v) is 3.53. The molecule has 1 aliphatic heterocycles. The first kappa shape index (κ1) is 17.6. The molecule has 8 heteroatoms. The summed E-state index contributed by atoms with van der Waals surface area (Å²) < 4.78 is 14.9. The number of hydrogen-bond donors (Lipinski definition) is 1. The minimum atomic E-state index is -0.489. The van der Waals surface area contributed by atoms with E-state index in [2.05, 4.69) is 16.4 Å². The quantitative estimate of drug-likeness (QED) is 0.748. The number of nitrogens with two attached hydrogens (primary N) is 1. The lowest BCUT2D eigenvalue weighted by molar-refractivity contribution is -0.124. The molecule has 1 aliphatic rings. The number of fused-ring (bicyclic) bond motifs is 1. The summed E-state index contributed by atoms with van der Waals surface area (Å²) in [6.45, 7) is 1.04. The van der Waals surface area contributed by atoms with Gasteiger partial charge in [0.1, 0.15) is 5.82 Å². The third-order valence-corrected chi connectivity index (χ3v) is 5.04. The number of benzene rings is 2. The molecule has 0 saturated carbocycles. The van der Waals surface area contributed by atoms with E-state index in [0.29, 0.717) is 30.9 Å². The van der Waals surface area contributed by atoms with Gasteiger partial charge in [0.2, 0.25) is 5.91 Å². The number of carbonyl (C=O) groups excluding carboxylic acids is 1. The smallest absolute Gasteiger partial charge is 0.235 e. The molecule has 138 valence electrons. The topological polar surface area (TPSA) is 77.0 Å². The minimum absolute atomic E-state index is 0.0194. The van der Waals surface area contributed by atoms with Crippen LogP contribution < -0.4 is 5.73 Å². The maximum Gasteiger partial charge on any atom is 0.235 e. The summed E-state index contributed by atoms with van der Waals surface area (Å²) in [5.41, 5.74) is 9.23. The zero-order chi connectivity index (χ0) is 19.0. The molecular formula is C19H17ClFN5O. The second-order valence-electron chi connectivity index (χ2n) is 6.55. The number of nitrogens with zero attached hydrogens (tertiary/aromatic N) is 4. The van der Waals surface area contributed by atoms with Gasteiger partial charge in [-0.05, 0) is 35.7 Å². The Kier molecular flexibility index (Phi) is 4.63. The number of aromatic nitrogens is 3. The van der Waals surface area contributed by atoms with Crippen LogP contribution in [0.4, 0.5) is 4.39 Å². The largest absolute Gasteiger partial charge is 0.368 e. The van der Waals surface area contributed by atoms with Crippen LogP contribution in [0.25, 0.3) is 5.69 Å². The van der Waals surface area contributed by atoms with Crippen LogP contribution in [0.1, 0.15) is 16.8 Å². The summed E-state index contributed by atoms with van der Waals surface area (Å²) in [4.78, 5) is 13.9. The molecule has 2 aromatic carbocycles. The number of primary amides is 1. The Morgan fingerprint density at radius 2 is 2.04 bits per heavy atom. The summed E-state index contributed by atoms with van der Waals surface area (Å²) in [6, 6.07) is 12.0. The van der Waals surface area contributed by atoms with Gasteiger partial charge >= 0.3 is 0 Å². The van der Waals surface area contributed by atoms with Crippen LogP contribution in [0.2, 0.25) is 5.02 Å². The highest BCUT2D eigenvalue weighted by molar-refractivity contribution is 6.30. The minimum Gasteiger partial charge on any atom is -0.368 e. The number of hydrogen-bond acceptors (Lipinski definition) is 4. The van der Waals surface area contributed by atoms with Crippen molar-refractivity contribution in [1.29, 1.82) is 0 Å². The summed E-state index contributed by atoms with van der Waals surface area (Å²) in [7, 11) is 0. The molecule has 2 N–H and O–H groups in total. The van der Waals surface area contributed by atoms with Crippen LogP contribution >= 0.6 is 11.6 Å². The predicted molar refractivity (Wildman–Crippen MR) is 98.7 cm³/mol. The van der Waals surface area contributed by atoms with E-state index in [1.165, 1.54) is 22.4 Å². The molecule has 0 fully saturated rings. The molecule has 6 nitrogen and oxygen atoms in total. The molecule has 3 aromatic rings. The Bertz CT molecular complexity index is 1010. The van der Waals surface area contributed by atoms with E-state index in [0.717, 1.165) is 5.56 Å².